The van der Waals surface area contributed by atoms with Crippen molar-refractivity contribution in [2.45, 2.75) is 50.6 Å². The maximum Gasteiger partial charge on any atom is 0.225 e. The first-order valence-electron chi connectivity index (χ1n) is 11.4. The van der Waals surface area contributed by atoms with E-state index in [2.05, 4.69) is 51.6 Å². The average Bonchev–Trinajstić information content (AvgIpc) is 3.54. The van der Waals surface area contributed by atoms with Crippen LogP contribution < -0.4 is 4.74 Å². The molecule has 5 heteroatoms. The van der Waals surface area contributed by atoms with Gasteiger partial charge in [-0.3, -0.25) is 9.69 Å². The van der Waals surface area contributed by atoms with Crippen molar-refractivity contribution in [2.75, 3.05) is 26.7 Å². The summed E-state index contributed by atoms with van der Waals surface area (Å²) >= 11 is 1.85. The van der Waals surface area contributed by atoms with Crippen LogP contribution in [0.5, 0.6) is 5.75 Å². The summed E-state index contributed by atoms with van der Waals surface area (Å²) < 4.78 is 5.37. The summed E-state index contributed by atoms with van der Waals surface area (Å²) in [6.45, 7) is 4.08. The fraction of sp³-hybridized carbons (Fsp3) is 0.560. The lowest BCUT2D eigenvalue weighted by atomic mass is 9.81. The van der Waals surface area contributed by atoms with Crippen molar-refractivity contribution in [3.8, 4) is 5.75 Å². The maximum absolute atomic E-state index is 13.4. The first-order valence-corrected chi connectivity index (χ1v) is 12.3. The van der Waals surface area contributed by atoms with Gasteiger partial charge in [-0.25, -0.2) is 0 Å². The second-order valence-corrected chi connectivity index (χ2v) is 10.2. The van der Waals surface area contributed by atoms with Crippen molar-refractivity contribution in [3.05, 3.63) is 52.2 Å². The Hall–Kier alpha value is -1.85. The Bertz CT molecular complexity index is 845. The number of hydrogen-bond acceptors (Lipinski definition) is 4. The van der Waals surface area contributed by atoms with Gasteiger partial charge in [0.25, 0.3) is 0 Å². The van der Waals surface area contributed by atoms with Gasteiger partial charge in [-0.15, -0.1) is 11.3 Å². The number of likely N-dealkylation sites (tertiary alicyclic amines) is 2. The summed E-state index contributed by atoms with van der Waals surface area (Å²) in [5.74, 6) is 2.53. The molecule has 1 amide bonds. The van der Waals surface area contributed by atoms with Crippen molar-refractivity contribution in [1.82, 2.24) is 9.80 Å². The fourth-order valence-corrected chi connectivity index (χ4v) is 6.68. The smallest absolute Gasteiger partial charge is 0.225 e. The molecule has 4 nitrogen and oxygen atoms in total. The highest BCUT2D eigenvalue weighted by Gasteiger charge is 2.48. The summed E-state index contributed by atoms with van der Waals surface area (Å²) in [4.78, 5) is 19.7. The van der Waals surface area contributed by atoms with Crippen LogP contribution in [0.1, 0.15) is 48.5 Å². The highest BCUT2D eigenvalue weighted by atomic mass is 32.1. The van der Waals surface area contributed by atoms with Gasteiger partial charge < -0.3 is 9.64 Å². The predicted molar refractivity (Wildman–Crippen MR) is 121 cm³/mol. The van der Waals surface area contributed by atoms with Crippen LogP contribution in [-0.4, -0.2) is 48.5 Å². The molecule has 0 spiro atoms. The first-order chi connectivity index (χ1) is 14.7. The standard InChI is InChI=1S/C25H32N2O2S/c1-29-20-10-8-18(9-11-20)22-17-27(25(28)19-5-2-3-6-19)24-12-13-26(16-23(22)24)15-21-7-4-14-30-21/h4,7-11,14,19,22-24H,2-3,5-6,12-13,15-17H2,1H3/t22-,23-,24-/m1/s1. The summed E-state index contributed by atoms with van der Waals surface area (Å²) in [6, 6.07) is 13.3. The van der Waals surface area contributed by atoms with E-state index in [1.807, 2.05) is 11.3 Å². The van der Waals surface area contributed by atoms with Gasteiger partial charge in [0, 0.05) is 54.9 Å². The zero-order valence-electron chi connectivity index (χ0n) is 17.8. The largest absolute Gasteiger partial charge is 0.497 e. The van der Waals surface area contributed by atoms with Gasteiger partial charge in [0.15, 0.2) is 0 Å². The van der Waals surface area contributed by atoms with Crippen molar-refractivity contribution < 1.29 is 9.53 Å². The molecule has 30 heavy (non-hydrogen) atoms. The Morgan fingerprint density at radius 3 is 2.60 bits per heavy atom. The van der Waals surface area contributed by atoms with E-state index in [4.69, 9.17) is 4.74 Å². The molecule has 3 aliphatic rings. The Labute approximate surface area is 183 Å². The SMILES string of the molecule is COc1ccc([C@H]2CN(C(=O)C3CCCC3)[C@@H]3CCN(Cc4cccs4)C[C@H]23)cc1. The summed E-state index contributed by atoms with van der Waals surface area (Å²) in [6.07, 6.45) is 5.71. The number of ether oxygens (including phenoxy) is 1. The van der Waals surface area contributed by atoms with Gasteiger partial charge in [0.1, 0.15) is 5.75 Å². The fourth-order valence-electron chi connectivity index (χ4n) is 5.94. The van der Waals surface area contributed by atoms with Gasteiger partial charge in [0.2, 0.25) is 5.91 Å². The third-order valence-corrected chi connectivity index (χ3v) is 8.37. The van der Waals surface area contributed by atoms with Gasteiger partial charge in [-0.05, 0) is 48.4 Å². The summed E-state index contributed by atoms with van der Waals surface area (Å²) in [5.41, 5.74) is 1.35. The van der Waals surface area contributed by atoms with Crippen LogP contribution in [-0.2, 0) is 11.3 Å². The van der Waals surface area contributed by atoms with E-state index in [9.17, 15) is 4.79 Å². The Balaban J connectivity index is 1.38. The Kier molecular flexibility index (Phi) is 5.83. The minimum atomic E-state index is 0.268. The highest BCUT2D eigenvalue weighted by molar-refractivity contribution is 7.09. The van der Waals surface area contributed by atoms with Gasteiger partial charge in [-0.1, -0.05) is 31.0 Å². The number of carbonyl (C=O) groups is 1. The number of benzene rings is 1. The van der Waals surface area contributed by atoms with Crippen LogP contribution in [0, 0.1) is 11.8 Å². The molecule has 5 rings (SSSR count). The van der Waals surface area contributed by atoms with Crippen molar-refractivity contribution in [1.29, 1.82) is 0 Å². The molecule has 0 N–H and O–H groups in total. The quantitative estimate of drug-likeness (QED) is 0.694. The van der Waals surface area contributed by atoms with E-state index in [-0.39, 0.29) is 5.92 Å². The van der Waals surface area contributed by atoms with Crippen LogP contribution in [0.3, 0.4) is 0 Å². The molecular formula is C25H32N2O2S. The number of carbonyl (C=O) groups excluding carboxylic acids is 1. The molecule has 2 aliphatic heterocycles. The van der Waals surface area contributed by atoms with Crippen LogP contribution in [0.4, 0.5) is 0 Å². The molecule has 0 radical (unpaired) electrons. The second kappa shape index (κ2) is 8.72. The number of rotatable bonds is 5. The number of hydrogen-bond donors (Lipinski definition) is 0. The molecule has 3 fully saturated rings. The molecule has 160 valence electrons. The third kappa shape index (κ3) is 3.90. The number of thiophene rings is 1. The minimum Gasteiger partial charge on any atom is -0.497 e. The van der Waals surface area contributed by atoms with Crippen LogP contribution >= 0.6 is 11.3 Å². The monoisotopic (exact) mass is 424 g/mol. The summed E-state index contributed by atoms with van der Waals surface area (Å²) in [7, 11) is 1.71. The molecular weight excluding hydrogens is 392 g/mol. The van der Waals surface area contributed by atoms with E-state index in [0.717, 1.165) is 51.2 Å². The number of piperidine rings is 1. The topological polar surface area (TPSA) is 32.8 Å². The third-order valence-electron chi connectivity index (χ3n) is 7.51. The molecule has 3 heterocycles. The van der Waals surface area contributed by atoms with Crippen molar-refractivity contribution >= 4 is 17.2 Å². The lowest BCUT2D eigenvalue weighted by Gasteiger charge is -2.39. The molecule has 1 aromatic heterocycles. The molecule has 0 bridgehead atoms. The van der Waals surface area contributed by atoms with E-state index < -0.39 is 0 Å². The van der Waals surface area contributed by atoms with E-state index in [0.29, 0.717) is 23.8 Å². The number of nitrogens with zero attached hydrogens (tertiary/aromatic N) is 2. The molecule has 1 aromatic carbocycles. The van der Waals surface area contributed by atoms with Crippen LogP contribution in [0.25, 0.3) is 0 Å². The average molecular weight is 425 g/mol. The number of methoxy groups -OCH3 is 1. The van der Waals surface area contributed by atoms with Crippen molar-refractivity contribution in [3.63, 3.8) is 0 Å². The molecule has 2 saturated heterocycles. The molecule has 1 saturated carbocycles. The van der Waals surface area contributed by atoms with E-state index in [1.54, 1.807) is 7.11 Å². The van der Waals surface area contributed by atoms with Crippen molar-refractivity contribution in [2.24, 2.45) is 11.8 Å². The Morgan fingerprint density at radius 2 is 1.90 bits per heavy atom. The lowest BCUT2D eigenvalue weighted by molar-refractivity contribution is -0.137. The normalized spacial score (nSPS) is 27.4. The minimum absolute atomic E-state index is 0.268. The molecule has 2 aromatic rings. The lowest BCUT2D eigenvalue weighted by Crippen LogP contribution is -2.48. The van der Waals surface area contributed by atoms with Gasteiger partial charge >= 0.3 is 0 Å². The Morgan fingerprint density at radius 1 is 1.10 bits per heavy atom. The first kappa shape index (κ1) is 20.1. The zero-order valence-corrected chi connectivity index (χ0v) is 18.7. The molecule has 3 atom stereocenters. The number of amides is 1. The van der Waals surface area contributed by atoms with Gasteiger partial charge in [0.05, 0.1) is 7.11 Å². The van der Waals surface area contributed by atoms with Crippen LogP contribution in [0.15, 0.2) is 41.8 Å². The summed E-state index contributed by atoms with van der Waals surface area (Å²) in [5, 5.41) is 2.17. The van der Waals surface area contributed by atoms with E-state index in [1.165, 1.54) is 23.3 Å². The second-order valence-electron chi connectivity index (χ2n) is 9.19. The van der Waals surface area contributed by atoms with E-state index >= 15 is 0 Å². The van der Waals surface area contributed by atoms with Crippen LogP contribution in [0.2, 0.25) is 0 Å². The predicted octanol–water partition coefficient (Wildman–Crippen LogP) is 4.76. The number of fused-ring (bicyclic) bond motifs is 1. The highest BCUT2D eigenvalue weighted by Crippen LogP contribution is 2.43. The van der Waals surface area contributed by atoms with Gasteiger partial charge in [-0.2, -0.15) is 0 Å². The zero-order chi connectivity index (χ0) is 20.5. The maximum atomic E-state index is 13.4. The molecule has 0 unspecified atom stereocenters. The molecule has 1 aliphatic carbocycles.